The minimum atomic E-state index is -0.307. The fourth-order valence-corrected chi connectivity index (χ4v) is 1.71. The van der Waals surface area contributed by atoms with Crippen molar-refractivity contribution in [1.82, 2.24) is 0 Å². The standard InChI is InChI=1S/C13H19ClFNO2/c1-17-6-7-18-5-4-12(16)8-10-2-3-11(14)9-13(10)15/h2-3,9,12H,4-8,16H2,1H3. The zero-order chi connectivity index (χ0) is 13.4. The minimum Gasteiger partial charge on any atom is -0.382 e. The van der Waals surface area contributed by atoms with Crippen molar-refractivity contribution in [1.29, 1.82) is 0 Å². The first-order valence-corrected chi connectivity index (χ1v) is 6.27. The van der Waals surface area contributed by atoms with Gasteiger partial charge in [0.15, 0.2) is 0 Å². The third-order valence-electron chi connectivity index (χ3n) is 2.56. The van der Waals surface area contributed by atoms with E-state index in [2.05, 4.69) is 0 Å². The summed E-state index contributed by atoms with van der Waals surface area (Å²) in [6, 6.07) is 4.52. The Labute approximate surface area is 112 Å². The van der Waals surface area contributed by atoms with Gasteiger partial charge in [0, 0.05) is 24.8 Å². The van der Waals surface area contributed by atoms with Crippen LogP contribution in [0.5, 0.6) is 0 Å². The average Bonchev–Trinajstić information content (AvgIpc) is 2.32. The number of nitrogens with two attached hydrogens (primary N) is 1. The second-order valence-electron chi connectivity index (χ2n) is 4.09. The molecule has 0 bridgehead atoms. The largest absolute Gasteiger partial charge is 0.382 e. The van der Waals surface area contributed by atoms with E-state index in [0.29, 0.717) is 43.2 Å². The molecule has 3 nitrogen and oxygen atoms in total. The molecule has 102 valence electrons. The zero-order valence-electron chi connectivity index (χ0n) is 10.5. The Morgan fingerprint density at radius 1 is 1.33 bits per heavy atom. The molecule has 1 rings (SSSR count). The van der Waals surface area contributed by atoms with Crippen LogP contribution < -0.4 is 5.73 Å². The van der Waals surface area contributed by atoms with Crippen LogP contribution in [0.4, 0.5) is 4.39 Å². The quantitative estimate of drug-likeness (QED) is 0.741. The highest BCUT2D eigenvalue weighted by Gasteiger charge is 2.08. The van der Waals surface area contributed by atoms with Crippen LogP contribution in [0.15, 0.2) is 18.2 Å². The maximum atomic E-state index is 13.5. The van der Waals surface area contributed by atoms with Crippen molar-refractivity contribution in [3.8, 4) is 0 Å². The van der Waals surface area contributed by atoms with E-state index in [1.54, 1.807) is 19.2 Å². The van der Waals surface area contributed by atoms with Gasteiger partial charge in [0.2, 0.25) is 0 Å². The summed E-state index contributed by atoms with van der Waals surface area (Å²) in [5.74, 6) is -0.307. The smallest absolute Gasteiger partial charge is 0.127 e. The molecule has 0 aliphatic rings. The molecule has 0 fully saturated rings. The first-order chi connectivity index (χ1) is 8.63. The molecule has 1 unspecified atom stereocenters. The number of halogens is 2. The van der Waals surface area contributed by atoms with Gasteiger partial charge < -0.3 is 15.2 Å². The topological polar surface area (TPSA) is 44.5 Å². The Balaban J connectivity index is 2.28. The summed E-state index contributed by atoms with van der Waals surface area (Å²) in [4.78, 5) is 0. The lowest BCUT2D eigenvalue weighted by Gasteiger charge is -2.12. The molecule has 0 aromatic heterocycles. The molecular weight excluding hydrogens is 257 g/mol. The third kappa shape index (κ3) is 5.78. The second-order valence-corrected chi connectivity index (χ2v) is 4.53. The fraction of sp³-hybridized carbons (Fsp3) is 0.538. The number of hydrogen-bond donors (Lipinski definition) is 1. The van der Waals surface area contributed by atoms with Crippen LogP contribution in [0.1, 0.15) is 12.0 Å². The normalized spacial score (nSPS) is 12.7. The third-order valence-corrected chi connectivity index (χ3v) is 2.80. The molecule has 18 heavy (non-hydrogen) atoms. The van der Waals surface area contributed by atoms with E-state index in [4.69, 9.17) is 26.8 Å². The van der Waals surface area contributed by atoms with Crippen molar-refractivity contribution in [2.75, 3.05) is 26.9 Å². The molecule has 0 saturated carbocycles. The first kappa shape index (κ1) is 15.4. The van der Waals surface area contributed by atoms with Gasteiger partial charge in [0.25, 0.3) is 0 Å². The summed E-state index contributed by atoms with van der Waals surface area (Å²) in [7, 11) is 1.62. The van der Waals surface area contributed by atoms with Gasteiger partial charge in [-0.2, -0.15) is 0 Å². The Morgan fingerprint density at radius 2 is 2.11 bits per heavy atom. The Morgan fingerprint density at radius 3 is 2.78 bits per heavy atom. The Kier molecular flexibility index (Phi) is 7.20. The van der Waals surface area contributed by atoms with Gasteiger partial charge in [-0.1, -0.05) is 17.7 Å². The molecule has 0 saturated heterocycles. The van der Waals surface area contributed by atoms with E-state index < -0.39 is 0 Å². The molecular formula is C13H19ClFNO2. The summed E-state index contributed by atoms with van der Waals surface area (Å²) >= 11 is 5.68. The summed E-state index contributed by atoms with van der Waals surface area (Å²) < 4.78 is 23.7. The fourth-order valence-electron chi connectivity index (χ4n) is 1.55. The van der Waals surface area contributed by atoms with Crippen molar-refractivity contribution < 1.29 is 13.9 Å². The number of methoxy groups -OCH3 is 1. The minimum absolute atomic E-state index is 0.122. The van der Waals surface area contributed by atoms with E-state index in [9.17, 15) is 4.39 Å². The van der Waals surface area contributed by atoms with Crippen LogP contribution in [-0.2, 0) is 15.9 Å². The van der Waals surface area contributed by atoms with Crippen LogP contribution in [0, 0.1) is 5.82 Å². The van der Waals surface area contributed by atoms with Crippen molar-refractivity contribution in [3.05, 3.63) is 34.6 Å². The molecule has 1 aromatic rings. The second kappa shape index (κ2) is 8.43. The van der Waals surface area contributed by atoms with Gasteiger partial charge in [-0.15, -0.1) is 0 Å². The number of hydrogen-bond acceptors (Lipinski definition) is 3. The van der Waals surface area contributed by atoms with Gasteiger partial charge >= 0.3 is 0 Å². The molecule has 1 atom stereocenters. The molecule has 5 heteroatoms. The average molecular weight is 276 g/mol. The first-order valence-electron chi connectivity index (χ1n) is 5.89. The number of benzene rings is 1. The highest BCUT2D eigenvalue weighted by Crippen LogP contribution is 2.16. The van der Waals surface area contributed by atoms with Crippen LogP contribution in [-0.4, -0.2) is 33.0 Å². The monoisotopic (exact) mass is 275 g/mol. The summed E-state index contributed by atoms with van der Waals surface area (Å²) in [5.41, 5.74) is 6.50. The molecule has 0 radical (unpaired) electrons. The summed E-state index contributed by atoms with van der Waals surface area (Å²) in [6.07, 6.45) is 1.17. The SMILES string of the molecule is COCCOCCC(N)Cc1ccc(Cl)cc1F. The van der Waals surface area contributed by atoms with Crippen LogP contribution in [0.25, 0.3) is 0 Å². The number of rotatable bonds is 8. The van der Waals surface area contributed by atoms with Crippen LogP contribution >= 0.6 is 11.6 Å². The predicted octanol–water partition coefficient (Wildman–Crippen LogP) is 2.40. The highest BCUT2D eigenvalue weighted by molar-refractivity contribution is 6.30. The Bertz CT molecular complexity index is 363. The van der Waals surface area contributed by atoms with Gasteiger partial charge in [0.1, 0.15) is 5.82 Å². The lowest BCUT2D eigenvalue weighted by atomic mass is 10.0. The van der Waals surface area contributed by atoms with Crippen molar-refractivity contribution >= 4 is 11.6 Å². The van der Waals surface area contributed by atoms with E-state index in [-0.39, 0.29) is 11.9 Å². The maximum absolute atomic E-state index is 13.5. The summed E-state index contributed by atoms with van der Waals surface area (Å²) in [6.45, 7) is 1.68. The van der Waals surface area contributed by atoms with Gasteiger partial charge in [-0.3, -0.25) is 0 Å². The molecule has 0 aliphatic heterocycles. The summed E-state index contributed by atoms with van der Waals surface area (Å²) in [5, 5.41) is 0.396. The molecule has 0 amide bonds. The van der Waals surface area contributed by atoms with Gasteiger partial charge in [-0.25, -0.2) is 4.39 Å². The lowest BCUT2D eigenvalue weighted by Crippen LogP contribution is -2.25. The molecule has 2 N–H and O–H groups in total. The van der Waals surface area contributed by atoms with Crippen molar-refractivity contribution in [2.45, 2.75) is 18.9 Å². The van der Waals surface area contributed by atoms with Crippen molar-refractivity contribution in [3.63, 3.8) is 0 Å². The van der Waals surface area contributed by atoms with Crippen LogP contribution in [0.3, 0.4) is 0 Å². The van der Waals surface area contributed by atoms with Gasteiger partial charge in [0.05, 0.1) is 13.2 Å². The van der Waals surface area contributed by atoms with Gasteiger partial charge in [-0.05, 0) is 30.5 Å². The molecule has 0 aliphatic carbocycles. The molecule has 0 spiro atoms. The van der Waals surface area contributed by atoms with Crippen LogP contribution in [0.2, 0.25) is 5.02 Å². The number of ether oxygens (including phenoxy) is 2. The maximum Gasteiger partial charge on any atom is 0.127 e. The van der Waals surface area contributed by atoms with Crippen molar-refractivity contribution in [2.24, 2.45) is 5.73 Å². The van der Waals surface area contributed by atoms with E-state index >= 15 is 0 Å². The zero-order valence-corrected chi connectivity index (χ0v) is 11.3. The van der Waals surface area contributed by atoms with E-state index in [0.717, 1.165) is 0 Å². The van der Waals surface area contributed by atoms with E-state index in [1.165, 1.54) is 6.07 Å². The Hall–Kier alpha value is -0.680. The molecule has 0 heterocycles. The molecule has 1 aromatic carbocycles. The lowest BCUT2D eigenvalue weighted by molar-refractivity contribution is 0.0672. The highest BCUT2D eigenvalue weighted by atomic mass is 35.5. The van der Waals surface area contributed by atoms with E-state index in [1.807, 2.05) is 0 Å². The predicted molar refractivity (Wildman–Crippen MR) is 70.4 cm³/mol.